The standard InChI is InChI=1S/C16H25O2SSi.CHF3O3S/c1-18-16(17)11-8-12-19(14-20(2,3)4)13-15-9-6-5-7-10-15;2-1(3,4)8(5,6)7/h5-11H,12-14H2,1-4H3;(H,5,6,7)/q+1;/p-1/b11-8+;. The lowest BCUT2D eigenvalue weighted by Gasteiger charge is -2.16. The minimum Gasteiger partial charge on any atom is -0.741 e. The molecule has 0 aromatic heterocycles. The Morgan fingerprint density at radius 1 is 1.21 bits per heavy atom. The van der Waals surface area contributed by atoms with E-state index >= 15 is 0 Å². The van der Waals surface area contributed by atoms with E-state index in [1.54, 1.807) is 6.08 Å². The highest BCUT2D eigenvalue weighted by Gasteiger charge is 2.36. The van der Waals surface area contributed by atoms with E-state index in [-0.39, 0.29) is 5.97 Å². The van der Waals surface area contributed by atoms with E-state index in [2.05, 4.69) is 54.7 Å². The zero-order valence-corrected chi connectivity index (χ0v) is 18.8. The van der Waals surface area contributed by atoms with Crippen molar-refractivity contribution in [3.63, 3.8) is 0 Å². The molecule has 0 aliphatic heterocycles. The van der Waals surface area contributed by atoms with Crippen LogP contribution in [-0.2, 0) is 36.3 Å². The van der Waals surface area contributed by atoms with E-state index < -0.39 is 23.7 Å². The van der Waals surface area contributed by atoms with Crippen molar-refractivity contribution in [2.45, 2.75) is 30.9 Å². The normalized spacial score (nSPS) is 13.6. The Balaban J connectivity index is 0.000000769. The van der Waals surface area contributed by atoms with Crippen LogP contribution in [0.5, 0.6) is 0 Å². The highest BCUT2D eigenvalue weighted by Crippen LogP contribution is 2.20. The molecular weight excluding hydrogens is 433 g/mol. The van der Waals surface area contributed by atoms with Gasteiger partial charge in [-0.1, -0.05) is 50.0 Å². The average Bonchev–Trinajstić information content (AvgIpc) is 2.52. The molecule has 0 fully saturated rings. The first kappa shape index (κ1) is 26.7. The maximum absolute atomic E-state index is 11.1. The van der Waals surface area contributed by atoms with E-state index in [0.29, 0.717) is 10.9 Å². The minimum atomic E-state index is -6.09. The molecule has 28 heavy (non-hydrogen) atoms. The number of hydrogen-bond donors (Lipinski definition) is 0. The number of methoxy groups -OCH3 is 1. The van der Waals surface area contributed by atoms with Crippen LogP contribution in [0.3, 0.4) is 0 Å². The summed E-state index contributed by atoms with van der Waals surface area (Å²) in [7, 11) is -5.47. The highest BCUT2D eigenvalue weighted by atomic mass is 32.2. The Morgan fingerprint density at radius 2 is 1.71 bits per heavy atom. The zero-order valence-electron chi connectivity index (χ0n) is 16.2. The molecule has 0 saturated heterocycles. The van der Waals surface area contributed by atoms with Gasteiger partial charge < -0.3 is 9.29 Å². The SMILES string of the molecule is COC(=O)/C=C/C[S+](Cc1ccccc1)C[Si](C)(C)C.O=S(=O)([O-])C(F)(F)F. The van der Waals surface area contributed by atoms with Crippen molar-refractivity contribution in [3.8, 4) is 0 Å². The summed E-state index contributed by atoms with van der Waals surface area (Å²) in [5.41, 5.74) is -4.26. The van der Waals surface area contributed by atoms with Crippen LogP contribution in [0, 0.1) is 0 Å². The fourth-order valence-corrected chi connectivity index (χ4v) is 8.87. The minimum absolute atomic E-state index is 0.263. The van der Waals surface area contributed by atoms with Gasteiger partial charge in [0.1, 0.15) is 19.6 Å². The third-order valence-corrected chi connectivity index (χ3v) is 9.99. The fourth-order valence-electron chi connectivity index (χ4n) is 1.94. The predicted molar refractivity (Wildman–Crippen MR) is 107 cm³/mol. The summed E-state index contributed by atoms with van der Waals surface area (Å²) in [6.45, 7) is 7.21. The van der Waals surface area contributed by atoms with Gasteiger partial charge in [-0.15, -0.1) is 0 Å². The molecule has 1 aromatic carbocycles. The summed E-state index contributed by atoms with van der Waals surface area (Å²) < 4.78 is 63.5. The van der Waals surface area contributed by atoms with Crippen LogP contribution in [0.1, 0.15) is 5.56 Å². The van der Waals surface area contributed by atoms with Gasteiger partial charge >= 0.3 is 11.5 Å². The van der Waals surface area contributed by atoms with Gasteiger partial charge in [-0.25, -0.2) is 13.2 Å². The number of alkyl halides is 3. The fraction of sp³-hybridized carbons (Fsp3) is 0.471. The molecule has 0 bridgehead atoms. The molecule has 1 rings (SSSR count). The second-order valence-electron chi connectivity index (χ2n) is 6.94. The van der Waals surface area contributed by atoms with E-state index in [4.69, 9.17) is 13.0 Å². The second-order valence-corrected chi connectivity index (χ2v) is 16.4. The van der Waals surface area contributed by atoms with E-state index in [1.807, 2.05) is 6.08 Å². The molecule has 1 aromatic rings. The number of hydrogen-bond acceptors (Lipinski definition) is 5. The molecule has 11 heteroatoms. The van der Waals surface area contributed by atoms with Crippen molar-refractivity contribution in [2.75, 3.05) is 18.2 Å². The second kappa shape index (κ2) is 11.6. The number of halogens is 3. The summed E-state index contributed by atoms with van der Waals surface area (Å²) in [5, 5.41) is 1.30. The first-order valence-corrected chi connectivity index (χ1v) is 14.9. The molecule has 0 N–H and O–H groups in total. The quantitative estimate of drug-likeness (QED) is 0.156. The molecular formula is C17H25F3O5S2Si. The molecule has 0 aliphatic rings. The number of esters is 1. The number of benzene rings is 1. The van der Waals surface area contributed by atoms with Gasteiger partial charge in [-0.2, -0.15) is 13.2 Å². The molecule has 1 atom stereocenters. The number of carbonyl (C=O) groups excluding carboxylic acids is 1. The topological polar surface area (TPSA) is 83.5 Å². The largest absolute Gasteiger partial charge is 0.741 e. The molecule has 5 nitrogen and oxygen atoms in total. The Morgan fingerprint density at radius 3 is 2.11 bits per heavy atom. The van der Waals surface area contributed by atoms with E-state index in [1.165, 1.54) is 18.0 Å². The van der Waals surface area contributed by atoms with Crippen LogP contribution >= 0.6 is 0 Å². The van der Waals surface area contributed by atoms with Gasteiger partial charge in [0.2, 0.25) is 0 Å². The van der Waals surface area contributed by atoms with Crippen molar-refractivity contribution in [2.24, 2.45) is 0 Å². The third kappa shape index (κ3) is 13.0. The average molecular weight is 459 g/mol. The van der Waals surface area contributed by atoms with Crippen molar-refractivity contribution in [1.82, 2.24) is 0 Å². The smallest absolute Gasteiger partial charge is 0.485 e. The van der Waals surface area contributed by atoms with Crippen molar-refractivity contribution < 1.29 is 35.7 Å². The summed E-state index contributed by atoms with van der Waals surface area (Å²) in [4.78, 5) is 11.1. The monoisotopic (exact) mass is 458 g/mol. The van der Waals surface area contributed by atoms with Crippen LogP contribution in [0.15, 0.2) is 42.5 Å². The first-order chi connectivity index (χ1) is 12.7. The Kier molecular flexibility index (Phi) is 11.1. The van der Waals surface area contributed by atoms with Gasteiger partial charge in [0.15, 0.2) is 10.1 Å². The summed E-state index contributed by atoms with van der Waals surface area (Å²) in [6, 6.07) is 10.6. The third-order valence-electron chi connectivity index (χ3n) is 2.92. The summed E-state index contributed by atoms with van der Waals surface area (Å²) in [6.07, 6.45) is 3.52. The van der Waals surface area contributed by atoms with Crippen LogP contribution < -0.4 is 0 Å². The zero-order chi connectivity index (χ0) is 22.0. The maximum atomic E-state index is 11.1. The molecule has 0 amide bonds. The van der Waals surface area contributed by atoms with Gasteiger partial charge in [0, 0.05) is 11.6 Å². The lowest BCUT2D eigenvalue weighted by atomic mass is 10.2. The molecule has 0 aliphatic carbocycles. The Labute approximate surface area is 168 Å². The van der Waals surface area contributed by atoms with Gasteiger partial charge in [-0.05, 0) is 17.0 Å². The van der Waals surface area contributed by atoms with E-state index in [0.717, 1.165) is 11.5 Å². The molecule has 0 spiro atoms. The molecule has 0 radical (unpaired) electrons. The van der Waals surface area contributed by atoms with E-state index in [9.17, 15) is 18.0 Å². The van der Waals surface area contributed by atoms with Crippen molar-refractivity contribution >= 4 is 35.1 Å². The first-order valence-electron chi connectivity index (χ1n) is 8.10. The molecule has 0 heterocycles. The van der Waals surface area contributed by atoms with Gasteiger partial charge in [0.25, 0.3) is 0 Å². The molecule has 1 unspecified atom stereocenters. The highest BCUT2D eigenvalue weighted by molar-refractivity contribution is 7.97. The van der Waals surface area contributed by atoms with Crippen LogP contribution in [0.4, 0.5) is 13.2 Å². The Bertz CT molecular complexity index is 729. The Hall–Kier alpha value is -1.30. The lowest BCUT2D eigenvalue weighted by Crippen LogP contribution is -2.34. The predicted octanol–water partition coefficient (Wildman–Crippen LogP) is 3.46. The lowest BCUT2D eigenvalue weighted by molar-refractivity contribution is -0.134. The number of ether oxygens (including phenoxy) is 1. The van der Waals surface area contributed by atoms with Crippen molar-refractivity contribution in [3.05, 3.63) is 48.0 Å². The van der Waals surface area contributed by atoms with Crippen molar-refractivity contribution in [1.29, 1.82) is 0 Å². The van der Waals surface area contributed by atoms with Gasteiger partial charge in [-0.3, -0.25) is 0 Å². The number of carbonyl (C=O) groups is 1. The summed E-state index contributed by atoms with van der Waals surface area (Å²) >= 11 is 0. The van der Waals surface area contributed by atoms with Crippen LogP contribution in [-0.4, -0.2) is 50.8 Å². The van der Waals surface area contributed by atoms with Crippen LogP contribution in [0.25, 0.3) is 0 Å². The van der Waals surface area contributed by atoms with Gasteiger partial charge in [0.05, 0.1) is 12.5 Å². The number of rotatable bonds is 7. The molecule has 0 saturated carbocycles. The van der Waals surface area contributed by atoms with Crippen LogP contribution in [0.2, 0.25) is 19.6 Å². The molecule has 160 valence electrons. The maximum Gasteiger partial charge on any atom is 0.485 e. The summed E-state index contributed by atoms with van der Waals surface area (Å²) in [5.74, 6) is 1.81.